The molecule has 1 aromatic carbocycles. The maximum atomic E-state index is 9.74. The lowest BCUT2D eigenvalue weighted by Crippen LogP contribution is -2.26. The lowest BCUT2D eigenvalue weighted by Gasteiger charge is -2.25. The van der Waals surface area contributed by atoms with E-state index in [2.05, 4.69) is 5.32 Å². The van der Waals surface area contributed by atoms with Gasteiger partial charge >= 0.3 is 0 Å². The van der Waals surface area contributed by atoms with E-state index in [1.54, 1.807) is 13.2 Å². The molecule has 1 aromatic rings. The molecule has 1 fully saturated rings. The molecule has 3 heteroatoms. The van der Waals surface area contributed by atoms with Gasteiger partial charge < -0.3 is 15.2 Å². The Balaban J connectivity index is 1.83. The molecule has 0 aliphatic heterocycles. The molecule has 0 bridgehead atoms. The van der Waals surface area contributed by atoms with E-state index in [1.165, 1.54) is 19.3 Å². The fourth-order valence-electron chi connectivity index (χ4n) is 1.93. The smallest absolute Gasteiger partial charge is 0.123 e. The van der Waals surface area contributed by atoms with Crippen molar-refractivity contribution in [2.24, 2.45) is 5.92 Å². The molecule has 1 aliphatic rings. The van der Waals surface area contributed by atoms with Crippen molar-refractivity contribution in [3.63, 3.8) is 0 Å². The van der Waals surface area contributed by atoms with Gasteiger partial charge in [0, 0.05) is 18.2 Å². The molecule has 2 rings (SSSR count). The van der Waals surface area contributed by atoms with E-state index in [-0.39, 0.29) is 0 Å². The lowest BCUT2D eigenvalue weighted by atomic mass is 9.85. The summed E-state index contributed by atoms with van der Waals surface area (Å²) in [6.45, 7) is 1.79. The van der Waals surface area contributed by atoms with Crippen molar-refractivity contribution < 1.29 is 9.84 Å². The van der Waals surface area contributed by atoms with Crippen LogP contribution in [-0.4, -0.2) is 18.8 Å². The van der Waals surface area contributed by atoms with Crippen LogP contribution in [0.2, 0.25) is 0 Å². The number of methoxy groups -OCH3 is 1. The summed E-state index contributed by atoms with van der Waals surface area (Å²) in [7, 11) is 1.60. The number of nitrogens with one attached hydrogen (secondary N) is 1. The van der Waals surface area contributed by atoms with Gasteiger partial charge in [-0.05, 0) is 31.4 Å². The topological polar surface area (TPSA) is 41.5 Å². The molecule has 0 unspecified atom stereocenters. The Morgan fingerprint density at radius 2 is 2.25 bits per heavy atom. The Bertz CT molecular complexity index is 348. The van der Waals surface area contributed by atoms with Crippen LogP contribution in [0, 0.1) is 5.92 Å². The molecule has 16 heavy (non-hydrogen) atoms. The van der Waals surface area contributed by atoms with Gasteiger partial charge in [0.25, 0.3) is 0 Å². The molecule has 1 aliphatic carbocycles. The van der Waals surface area contributed by atoms with Gasteiger partial charge in [0.1, 0.15) is 11.5 Å². The summed E-state index contributed by atoms with van der Waals surface area (Å²) in [6, 6.07) is 5.43. The molecular formula is C13H19NO2. The molecular weight excluding hydrogens is 202 g/mol. The Hall–Kier alpha value is -1.22. The third-order valence-electron chi connectivity index (χ3n) is 3.27. The minimum absolute atomic E-state index is 0.306. The highest BCUT2D eigenvalue weighted by Gasteiger charge is 2.16. The molecule has 2 N–H and O–H groups in total. The third-order valence-corrected chi connectivity index (χ3v) is 3.27. The van der Waals surface area contributed by atoms with Crippen LogP contribution in [-0.2, 0) is 6.54 Å². The molecule has 0 atom stereocenters. The van der Waals surface area contributed by atoms with E-state index in [0.29, 0.717) is 11.5 Å². The maximum absolute atomic E-state index is 9.74. The summed E-state index contributed by atoms with van der Waals surface area (Å²) >= 11 is 0. The van der Waals surface area contributed by atoms with Crippen LogP contribution in [0.3, 0.4) is 0 Å². The minimum atomic E-state index is 0.306. The summed E-state index contributed by atoms with van der Waals surface area (Å²) in [5.74, 6) is 1.85. The monoisotopic (exact) mass is 221 g/mol. The number of hydrogen-bond donors (Lipinski definition) is 2. The predicted molar refractivity (Wildman–Crippen MR) is 63.7 cm³/mol. The highest BCUT2D eigenvalue weighted by molar-refractivity contribution is 5.39. The van der Waals surface area contributed by atoms with Crippen molar-refractivity contribution in [1.82, 2.24) is 5.32 Å². The quantitative estimate of drug-likeness (QED) is 0.801. The Labute approximate surface area is 96.4 Å². The van der Waals surface area contributed by atoms with Crippen LogP contribution in [0.1, 0.15) is 24.8 Å². The Morgan fingerprint density at radius 3 is 2.81 bits per heavy atom. The summed E-state index contributed by atoms with van der Waals surface area (Å²) in [4.78, 5) is 0. The molecule has 88 valence electrons. The average molecular weight is 221 g/mol. The van der Waals surface area contributed by atoms with Crippen LogP contribution >= 0.6 is 0 Å². The third kappa shape index (κ3) is 2.67. The van der Waals surface area contributed by atoms with Crippen LogP contribution in [0.5, 0.6) is 11.5 Å². The predicted octanol–water partition coefficient (Wildman–Crippen LogP) is 2.29. The maximum Gasteiger partial charge on any atom is 0.123 e. The SMILES string of the molecule is COc1ccc(CNCC2CCC2)c(O)c1. The zero-order valence-electron chi connectivity index (χ0n) is 9.70. The molecule has 0 amide bonds. The minimum Gasteiger partial charge on any atom is -0.507 e. The zero-order chi connectivity index (χ0) is 11.4. The van der Waals surface area contributed by atoms with Crippen molar-refractivity contribution in [3.8, 4) is 11.5 Å². The second-order valence-corrected chi connectivity index (χ2v) is 4.42. The van der Waals surface area contributed by atoms with Crippen LogP contribution in [0.25, 0.3) is 0 Å². The molecule has 3 nitrogen and oxygen atoms in total. The fraction of sp³-hybridized carbons (Fsp3) is 0.538. The summed E-state index contributed by atoms with van der Waals surface area (Å²) < 4.78 is 5.04. The average Bonchev–Trinajstić information content (AvgIpc) is 2.23. The molecule has 0 radical (unpaired) electrons. The van der Waals surface area contributed by atoms with Crippen molar-refractivity contribution in [2.75, 3.05) is 13.7 Å². The van der Waals surface area contributed by atoms with Crippen LogP contribution in [0.15, 0.2) is 18.2 Å². The van der Waals surface area contributed by atoms with E-state index >= 15 is 0 Å². The number of benzene rings is 1. The van der Waals surface area contributed by atoms with Crippen LogP contribution in [0.4, 0.5) is 0 Å². The van der Waals surface area contributed by atoms with E-state index in [4.69, 9.17) is 4.74 Å². The van der Waals surface area contributed by atoms with Gasteiger partial charge in [0.2, 0.25) is 0 Å². The summed E-state index contributed by atoms with van der Waals surface area (Å²) in [5.41, 5.74) is 0.931. The first kappa shape index (κ1) is 11.3. The number of rotatable bonds is 5. The van der Waals surface area contributed by atoms with E-state index in [0.717, 1.165) is 24.6 Å². The highest BCUT2D eigenvalue weighted by Crippen LogP contribution is 2.26. The molecule has 0 heterocycles. The van der Waals surface area contributed by atoms with Gasteiger partial charge in [0.05, 0.1) is 7.11 Å². The van der Waals surface area contributed by atoms with Crippen molar-refractivity contribution in [1.29, 1.82) is 0 Å². The number of aromatic hydroxyl groups is 1. The fourth-order valence-corrected chi connectivity index (χ4v) is 1.93. The van der Waals surface area contributed by atoms with Crippen molar-refractivity contribution >= 4 is 0 Å². The van der Waals surface area contributed by atoms with Crippen molar-refractivity contribution in [2.45, 2.75) is 25.8 Å². The van der Waals surface area contributed by atoms with Crippen molar-refractivity contribution in [3.05, 3.63) is 23.8 Å². The van der Waals surface area contributed by atoms with Crippen LogP contribution < -0.4 is 10.1 Å². The second-order valence-electron chi connectivity index (χ2n) is 4.42. The second kappa shape index (κ2) is 5.21. The summed E-state index contributed by atoms with van der Waals surface area (Å²) in [6.07, 6.45) is 4.07. The van der Waals surface area contributed by atoms with Gasteiger partial charge in [-0.25, -0.2) is 0 Å². The van der Waals surface area contributed by atoms with E-state index in [1.807, 2.05) is 12.1 Å². The van der Waals surface area contributed by atoms with E-state index < -0.39 is 0 Å². The summed E-state index contributed by atoms with van der Waals surface area (Å²) in [5, 5.41) is 13.1. The standard InChI is InChI=1S/C13H19NO2/c1-16-12-6-5-11(13(15)7-12)9-14-8-10-3-2-4-10/h5-7,10,14-15H,2-4,8-9H2,1H3. The Kier molecular flexibility index (Phi) is 3.67. The first-order valence-corrected chi connectivity index (χ1v) is 5.86. The Morgan fingerprint density at radius 1 is 1.44 bits per heavy atom. The van der Waals surface area contributed by atoms with Gasteiger partial charge in [-0.2, -0.15) is 0 Å². The molecule has 0 spiro atoms. The zero-order valence-corrected chi connectivity index (χ0v) is 9.70. The number of phenols is 1. The number of hydrogen-bond acceptors (Lipinski definition) is 3. The van der Waals surface area contributed by atoms with Gasteiger partial charge in [-0.15, -0.1) is 0 Å². The van der Waals surface area contributed by atoms with Gasteiger partial charge in [0.15, 0.2) is 0 Å². The van der Waals surface area contributed by atoms with Gasteiger partial charge in [-0.1, -0.05) is 12.5 Å². The first-order valence-electron chi connectivity index (χ1n) is 5.86. The van der Waals surface area contributed by atoms with Gasteiger partial charge in [-0.3, -0.25) is 0 Å². The number of ether oxygens (including phenoxy) is 1. The largest absolute Gasteiger partial charge is 0.507 e. The molecule has 0 saturated heterocycles. The number of phenolic OH excluding ortho intramolecular Hbond substituents is 1. The highest BCUT2D eigenvalue weighted by atomic mass is 16.5. The normalized spacial score (nSPS) is 15.8. The molecule has 1 saturated carbocycles. The first-order chi connectivity index (χ1) is 7.79. The van der Waals surface area contributed by atoms with E-state index in [9.17, 15) is 5.11 Å². The lowest BCUT2D eigenvalue weighted by molar-refractivity contribution is 0.300. The molecule has 0 aromatic heterocycles.